The van der Waals surface area contributed by atoms with Crippen molar-refractivity contribution >= 4 is 17.7 Å². The number of amides is 1. The van der Waals surface area contributed by atoms with E-state index in [0.717, 1.165) is 30.1 Å². The highest BCUT2D eigenvalue weighted by Crippen LogP contribution is 2.17. The van der Waals surface area contributed by atoms with E-state index in [-0.39, 0.29) is 11.9 Å². The molecule has 1 aromatic carbocycles. The molecule has 6 nitrogen and oxygen atoms in total. The Morgan fingerprint density at radius 3 is 2.80 bits per heavy atom. The van der Waals surface area contributed by atoms with Crippen molar-refractivity contribution in [2.45, 2.75) is 44.4 Å². The normalized spacial score (nSPS) is 12.1. The Labute approximate surface area is 153 Å². The molecule has 1 unspecified atom stereocenters. The number of aryl methyl sites for hydroxylation is 2. The summed E-state index contributed by atoms with van der Waals surface area (Å²) in [6.07, 6.45) is 3.59. The van der Waals surface area contributed by atoms with Crippen LogP contribution in [0.25, 0.3) is 0 Å². The lowest BCUT2D eigenvalue weighted by Crippen LogP contribution is -2.28. The molecule has 0 aliphatic rings. The minimum atomic E-state index is -0.0152. The van der Waals surface area contributed by atoms with Crippen molar-refractivity contribution in [3.05, 3.63) is 41.7 Å². The topological polar surface area (TPSA) is 69.0 Å². The van der Waals surface area contributed by atoms with Crippen molar-refractivity contribution < 1.29 is 9.53 Å². The van der Waals surface area contributed by atoms with Gasteiger partial charge in [0, 0.05) is 20.3 Å². The standard InChI is InChI=1S/C18H26N4O2S/c1-4-15-6-8-16(9-7-15)14(2)20-17(23)12-25-18-21-19-13-22(18)10-5-11-24-3/h6-9,13-14H,4-5,10-12H2,1-3H3,(H,20,23). The molecule has 0 spiro atoms. The van der Waals surface area contributed by atoms with Gasteiger partial charge in [0.25, 0.3) is 0 Å². The highest BCUT2D eigenvalue weighted by Gasteiger charge is 2.12. The molecule has 2 rings (SSSR count). The zero-order valence-corrected chi connectivity index (χ0v) is 15.9. The quantitative estimate of drug-likeness (QED) is 0.520. The average Bonchev–Trinajstić information content (AvgIpc) is 3.07. The third-order valence-corrected chi connectivity index (χ3v) is 4.91. The lowest BCUT2D eigenvalue weighted by atomic mass is 10.1. The Hall–Kier alpha value is -1.86. The number of carbonyl (C=O) groups is 1. The molecule has 1 N–H and O–H groups in total. The van der Waals surface area contributed by atoms with Crippen molar-refractivity contribution in [1.29, 1.82) is 0 Å². The number of ether oxygens (including phenoxy) is 1. The second-order valence-electron chi connectivity index (χ2n) is 5.83. The third kappa shape index (κ3) is 6.17. The minimum absolute atomic E-state index is 0.0106. The summed E-state index contributed by atoms with van der Waals surface area (Å²) < 4.78 is 7.00. The summed E-state index contributed by atoms with van der Waals surface area (Å²) in [5.41, 5.74) is 2.41. The van der Waals surface area contributed by atoms with Crippen LogP contribution >= 0.6 is 11.8 Å². The first-order chi connectivity index (χ1) is 12.1. The molecule has 0 fully saturated rings. The number of hydrogen-bond acceptors (Lipinski definition) is 5. The summed E-state index contributed by atoms with van der Waals surface area (Å²) in [6, 6.07) is 8.34. The second-order valence-corrected chi connectivity index (χ2v) is 6.77. The van der Waals surface area contributed by atoms with Gasteiger partial charge in [-0.15, -0.1) is 10.2 Å². The zero-order chi connectivity index (χ0) is 18.1. The molecule has 0 radical (unpaired) electrons. The molecular weight excluding hydrogens is 336 g/mol. The summed E-state index contributed by atoms with van der Waals surface area (Å²) in [6.45, 7) is 5.60. The molecule has 0 saturated carbocycles. The maximum atomic E-state index is 12.2. The van der Waals surface area contributed by atoms with Crippen LogP contribution in [0.15, 0.2) is 35.7 Å². The van der Waals surface area contributed by atoms with Crippen molar-refractivity contribution in [3.63, 3.8) is 0 Å². The van der Waals surface area contributed by atoms with Crippen molar-refractivity contribution in [3.8, 4) is 0 Å². The number of nitrogens with zero attached hydrogens (tertiary/aromatic N) is 3. The molecule has 0 aliphatic carbocycles. The number of methoxy groups -OCH3 is 1. The summed E-state index contributed by atoms with van der Waals surface area (Å²) in [7, 11) is 1.68. The van der Waals surface area contributed by atoms with E-state index in [1.165, 1.54) is 17.3 Å². The largest absolute Gasteiger partial charge is 0.385 e. The van der Waals surface area contributed by atoms with Crippen LogP contribution in [0, 0.1) is 0 Å². The van der Waals surface area contributed by atoms with E-state index in [1.807, 2.05) is 11.5 Å². The van der Waals surface area contributed by atoms with Gasteiger partial charge in [-0.05, 0) is 30.9 Å². The highest BCUT2D eigenvalue weighted by molar-refractivity contribution is 7.99. The number of thioether (sulfide) groups is 1. The second kappa shape index (κ2) is 10.2. The summed E-state index contributed by atoms with van der Waals surface area (Å²) in [5.74, 6) is 0.309. The minimum Gasteiger partial charge on any atom is -0.385 e. The number of benzene rings is 1. The van der Waals surface area contributed by atoms with Gasteiger partial charge < -0.3 is 14.6 Å². The molecule has 1 aromatic heterocycles. The fourth-order valence-electron chi connectivity index (χ4n) is 2.43. The fourth-order valence-corrected chi connectivity index (χ4v) is 3.18. The molecule has 2 aromatic rings. The van der Waals surface area contributed by atoms with Gasteiger partial charge >= 0.3 is 0 Å². The maximum Gasteiger partial charge on any atom is 0.230 e. The van der Waals surface area contributed by atoms with Gasteiger partial charge in [0.2, 0.25) is 5.91 Å². The third-order valence-electron chi connectivity index (χ3n) is 3.93. The Morgan fingerprint density at radius 1 is 1.36 bits per heavy atom. The van der Waals surface area contributed by atoms with Gasteiger partial charge in [0.15, 0.2) is 5.16 Å². The van der Waals surface area contributed by atoms with Crippen LogP contribution in [-0.2, 0) is 22.5 Å². The van der Waals surface area contributed by atoms with Crippen LogP contribution < -0.4 is 5.32 Å². The lowest BCUT2D eigenvalue weighted by molar-refractivity contribution is -0.119. The van der Waals surface area contributed by atoms with Gasteiger partial charge in [-0.25, -0.2) is 0 Å². The molecule has 1 heterocycles. The zero-order valence-electron chi connectivity index (χ0n) is 15.1. The lowest BCUT2D eigenvalue weighted by Gasteiger charge is -2.14. The smallest absolute Gasteiger partial charge is 0.230 e. The van der Waals surface area contributed by atoms with E-state index in [9.17, 15) is 4.79 Å². The van der Waals surface area contributed by atoms with Gasteiger partial charge in [-0.3, -0.25) is 4.79 Å². The van der Waals surface area contributed by atoms with Crippen LogP contribution in [0.2, 0.25) is 0 Å². The number of rotatable bonds is 10. The van der Waals surface area contributed by atoms with Crippen LogP contribution in [0.1, 0.15) is 37.4 Å². The first kappa shape index (κ1) is 19.5. The molecule has 1 atom stereocenters. The SMILES string of the molecule is CCc1ccc(C(C)NC(=O)CSc2nncn2CCCOC)cc1. The van der Waals surface area contributed by atoms with Crippen molar-refractivity contribution in [2.24, 2.45) is 0 Å². The number of hydrogen-bond donors (Lipinski definition) is 1. The predicted octanol–water partition coefficient (Wildman–Crippen LogP) is 2.85. The Bertz CT molecular complexity index is 657. The van der Waals surface area contributed by atoms with Crippen LogP contribution in [0.4, 0.5) is 0 Å². The molecule has 7 heteroatoms. The van der Waals surface area contributed by atoms with E-state index >= 15 is 0 Å². The van der Waals surface area contributed by atoms with Gasteiger partial charge in [0.1, 0.15) is 6.33 Å². The molecule has 0 aliphatic heterocycles. The monoisotopic (exact) mass is 362 g/mol. The molecule has 0 saturated heterocycles. The highest BCUT2D eigenvalue weighted by atomic mass is 32.2. The van der Waals surface area contributed by atoms with Crippen LogP contribution in [0.5, 0.6) is 0 Å². The summed E-state index contributed by atoms with van der Waals surface area (Å²) in [5, 5.41) is 11.8. The Morgan fingerprint density at radius 2 is 2.12 bits per heavy atom. The Kier molecular flexibility index (Phi) is 7.94. The average molecular weight is 362 g/mol. The molecule has 0 bridgehead atoms. The summed E-state index contributed by atoms with van der Waals surface area (Å²) in [4.78, 5) is 12.2. The van der Waals surface area contributed by atoms with E-state index < -0.39 is 0 Å². The molecule has 136 valence electrons. The van der Waals surface area contributed by atoms with Crippen LogP contribution in [0.3, 0.4) is 0 Å². The number of nitrogens with one attached hydrogen (secondary N) is 1. The maximum absolute atomic E-state index is 12.2. The Balaban J connectivity index is 1.81. The number of carbonyl (C=O) groups excluding carboxylic acids is 1. The number of aromatic nitrogens is 3. The fraction of sp³-hybridized carbons (Fsp3) is 0.500. The van der Waals surface area contributed by atoms with Gasteiger partial charge in [-0.2, -0.15) is 0 Å². The van der Waals surface area contributed by atoms with E-state index in [2.05, 4.69) is 46.7 Å². The van der Waals surface area contributed by atoms with E-state index in [1.54, 1.807) is 13.4 Å². The van der Waals surface area contributed by atoms with Gasteiger partial charge in [0.05, 0.1) is 11.8 Å². The predicted molar refractivity (Wildman–Crippen MR) is 99.6 cm³/mol. The molecule has 1 amide bonds. The first-order valence-corrected chi connectivity index (χ1v) is 9.50. The molecular formula is C18H26N4O2S. The van der Waals surface area contributed by atoms with Crippen molar-refractivity contribution in [2.75, 3.05) is 19.5 Å². The van der Waals surface area contributed by atoms with E-state index in [0.29, 0.717) is 12.4 Å². The van der Waals surface area contributed by atoms with E-state index in [4.69, 9.17) is 4.74 Å². The van der Waals surface area contributed by atoms with Crippen molar-refractivity contribution in [1.82, 2.24) is 20.1 Å². The summed E-state index contributed by atoms with van der Waals surface area (Å²) >= 11 is 1.40. The van der Waals surface area contributed by atoms with Crippen LogP contribution in [-0.4, -0.2) is 40.1 Å². The first-order valence-electron chi connectivity index (χ1n) is 8.51. The molecule has 25 heavy (non-hydrogen) atoms. The van der Waals surface area contributed by atoms with Gasteiger partial charge in [-0.1, -0.05) is 43.0 Å².